The maximum absolute atomic E-state index is 5.84. The zero-order valence-electron chi connectivity index (χ0n) is 10.1. The number of rotatable bonds is 4. The SMILES string of the molecule is c1nc(CC2CNC2)ncc1OC1CCCC1. The second-order valence-corrected chi connectivity index (χ2v) is 5.09. The summed E-state index contributed by atoms with van der Waals surface area (Å²) in [6.07, 6.45) is 9.96. The topological polar surface area (TPSA) is 47.0 Å². The van der Waals surface area contributed by atoms with Crippen molar-refractivity contribution in [3.8, 4) is 5.75 Å². The van der Waals surface area contributed by atoms with Crippen LogP contribution in [-0.4, -0.2) is 29.2 Å². The molecule has 1 aliphatic heterocycles. The third-order valence-corrected chi connectivity index (χ3v) is 3.62. The molecule has 4 heteroatoms. The summed E-state index contributed by atoms with van der Waals surface area (Å²) in [5.74, 6) is 2.49. The predicted molar refractivity (Wildman–Crippen MR) is 65.0 cm³/mol. The van der Waals surface area contributed by atoms with Crippen LogP contribution in [0.2, 0.25) is 0 Å². The summed E-state index contributed by atoms with van der Waals surface area (Å²) in [6, 6.07) is 0. The molecule has 0 amide bonds. The molecular weight excluding hydrogens is 214 g/mol. The van der Waals surface area contributed by atoms with Crippen LogP contribution in [0.5, 0.6) is 5.75 Å². The van der Waals surface area contributed by atoms with Gasteiger partial charge in [-0.3, -0.25) is 0 Å². The summed E-state index contributed by atoms with van der Waals surface area (Å²) in [4.78, 5) is 8.76. The molecule has 1 N–H and O–H groups in total. The van der Waals surface area contributed by atoms with E-state index in [1.165, 1.54) is 25.7 Å². The van der Waals surface area contributed by atoms with Crippen molar-refractivity contribution < 1.29 is 4.74 Å². The minimum atomic E-state index is 0.389. The monoisotopic (exact) mass is 233 g/mol. The van der Waals surface area contributed by atoms with Crippen LogP contribution in [0.1, 0.15) is 31.5 Å². The highest BCUT2D eigenvalue weighted by molar-refractivity contribution is 5.13. The third kappa shape index (κ3) is 2.75. The van der Waals surface area contributed by atoms with Crippen LogP contribution >= 0.6 is 0 Å². The van der Waals surface area contributed by atoms with E-state index in [4.69, 9.17) is 4.74 Å². The lowest BCUT2D eigenvalue weighted by Gasteiger charge is -2.26. The van der Waals surface area contributed by atoms with Gasteiger partial charge in [0.25, 0.3) is 0 Å². The normalized spacial score (nSPS) is 21.4. The van der Waals surface area contributed by atoms with Gasteiger partial charge < -0.3 is 10.1 Å². The molecule has 4 nitrogen and oxygen atoms in total. The first kappa shape index (κ1) is 11.0. The number of nitrogens with zero attached hydrogens (tertiary/aromatic N) is 2. The molecule has 0 unspecified atom stereocenters. The summed E-state index contributed by atoms with van der Waals surface area (Å²) >= 11 is 0. The molecule has 2 fully saturated rings. The Morgan fingerprint density at radius 1 is 1.18 bits per heavy atom. The molecule has 0 aromatic carbocycles. The van der Waals surface area contributed by atoms with Gasteiger partial charge in [0.2, 0.25) is 0 Å². The van der Waals surface area contributed by atoms with Gasteiger partial charge in [0.05, 0.1) is 18.5 Å². The van der Waals surface area contributed by atoms with Crippen LogP contribution in [0, 0.1) is 5.92 Å². The second kappa shape index (κ2) is 5.00. The Hall–Kier alpha value is -1.16. The number of aromatic nitrogens is 2. The highest BCUT2D eigenvalue weighted by Crippen LogP contribution is 2.23. The maximum Gasteiger partial charge on any atom is 0.156 e. The van der Waals surface area contributed by atoms with Crippen LogP contribution in [0.25, 0.3) is 0 Å². The van der Waals surface area contributed by atoms with Gasteiger partial charge in [0.15, 0.2) is 5.75 Å². The lowest BCUT2D eigenvalue weighted by Crippen LogP contribution is -2.43. The Bertz CT molecular complexity index is 355. The Labute approximate surface area is 102 Å². The molecule has 1 aromatic rings. The van der Waals surface area contributed by atoms with Crippen molar-refractivity contribution in [1.29, 1.82) is 0 Å². The van der Waals surface area contributed by atoms with E-state index in [1.807, 2.05) is 12.4 Å². The van der Waals surface area contributed by atoms with E-state index in [0.717, 1.165) is 37.0 Å². The van der Waals surface area contributed by atoms with Gasteiger partial charge in [-0.05, 0) is 44.7 Å². The molecule has 3 rings (SSSR count). The van der Waals surface area contributed by atoms with Gasteiger partial charge >= 0.3 is 0 Å². The van der Waals surface area contributed by atoms with Crippen molar-refractivity contribution in [3.63, 3.8) is 0 Å². The molecule has 0 spiro atoms. The van der Waals surface area contributed by atoms with Crippen LogP contribution in [0.15, 0.2) is 12.4 Å². The fourth-order valence-electron chi connectivity index (χ4n) is 2.46. The van der Waals surface area contributed by atoms with Crippen LogP contribution in [0.4, 0.5) is 0 Å². The van der Waals surface area contributed by atoms with Gasteiger partial charge in [-0.1, -0.05) is 0 Å². The molecule has 92 valence electrons. The highest BCUT2D eigenvalue weighted by atomic mass is 16.5. The predicted octanol–water partition coefficient (Wildman–Crippen LogP) is 1.56. The van der Waals surface area contributed by atoms with Crippen LogP contribution < -0.4 is 10.1 Å². The van der Waals surface area contributed by atoms with Gasteiger partial charge in [-0.15, -0.1) is 0 Å². The summed E-state index contributed by atoms with van der Waals surface area (Å²) < 4.78 is 5.84. The molecule has 2 aliphatic rings. The zero-order valence-corrected chi connectivity index (χ0v) is 10.1. The number of hydrogen-bond acceptors (Lipinski definition) is 4. The lowest BCUT2D eigenvalue weighted by atomic mass is 9.99. The number of nitrogens with one attached hydrogen (secondary N) is 1. The Morgan fingerprint density at radius 3 is 2.47 bits per heavy atom. The third-order valence-electron chi connectivity index (χ3n) is 3.62. The van der Waals surface area contributed by atoms with E-state index >= 15 is 0 Å². The molecule has 0 atom stereocenters. The average Bonchev–Trinajstić information content (AvgIpc) is 2.78. The molecule has 0 bridgehead atoms. The summed E-state index contributed by atoms with van der Waals surface area (Å²) in [5, 5.41) is 3.26. The summed E-state index contributed by atoms with van der Waals surface area (Å²) in [6.45, 7) is 2.20. The fourth-order valence-corrected chi connectivity index (χ4v) is 2.46. The molecule has 17 heavy (non-hydrogen) atoms. The molecule has 1 aliphatic carbocycles. The van der Waals surface area contributed by atoms with Gasteiger partial charge in [-0.2, -0.15) is 0 Å². The van der Waals surface area contributed by atoms with Gasteiger partial charge in [0.1, 0.15) is 5.82 Å². The minimum Gasteiger partial charge on any atom is -0.487 e. The smallest absolute Gasteiger partial charge is 0.156 e. The average molecular weight is 233 g/mol. The molecular formula is C13H19N3O. The van der Waals surface area contributed by atoms with Crippen molar-refractivity contribution in [2.75, 3.05) is 13.1 Å². The first-order valence-corrected chi connectivity index (χ1v) is 6.58. The lowest BCUT2D eigenvalue weighted by molar-refractivity contribution is 0.208. The number of ether oxygens (including phenoxy) is 1. The maximum atomic E-state index is 5.84. The van der Waals surface area contributed by atoms with E-state index in [-0.39, 0.29) is 0 Å². The van der Waals surface area contributed by atoms with Crippen LogP contribution in [-0.2, 0) is 6.42 Å². The van der Waals surface area contributed by atoms with E-state index in [0.29, 0.717) is 6.10 Å². The molecule has 1 aromatic heterocycles. The van der Waals surface area contributed by atoms with Crippen molar-refractivity contribution in [3.05, 3.63) is 18.2 Å². The van der Waals surface area contributed by atoms with E-state index in [9.17, 15) is 0 Å². The fraction of sp³-hybridized carbons (Fsp3) is 0.692. The van der Waals surface area contributed by atoms with Crippen molar-refractivity contribution in [1.82, 2.24) is 15.3 Å². The second-order valence-electron chi connectivity index (χ2n) is 5.09. The minimum absolute atomic E-state index is 0.389. The quantitative estimate of drug-likeness (QED) is 0.857. The summed E-state index contributed by atoms with van der Waals surface area (Å²) in [5.41, 5.74) is 0. The van der Waals surface area contributed by atoms with Crippen molar-refractivity contribution >= 4 is 0 Å². The van der Waals surface area contributed by atoms with Gasteiger partial charge in [0, 0.05) is 6.42 Å². The standard InChI is InChI=1S/C13H19N3O/c1-2-4-11(3-1)17-12-8-15-13(16-9-12)5-10-6-14-7-10/h8-11,14H,1-7H2. The molecule has 0 radical (unpaired) electrons. The van der Waals surface area contributed by atoms with E-state index in [1.54, 1.807) is 0 Å². The Kier molecular flexibility index (Phi) is 3.22. The first-order chi connectivity index (χ1) is 8.40. The molecule has 1 saturated heterocycles. The summed E-state index contributed by atoms with van der Waals surface area (Å²) in [7, 11) is 0. The highest BCUT2D eigenvalue weighted by Gasteiger charge is 2.19. The Balaban J connectivity index is 1.55. The van der Waals surface area contributed by atoms with Crippen LogP contribution in [0.3, 0.4) is 0 Å². The van der Waals surface area contributed by atoms with Gasteiger partial charge in [-0.25, -0.2) is 9.97 Å². The van der Waals surface area contributed by atoms with E-state index in [2.05, 4.69) is 15.3 Å². The van der Waals surface area contributed by atoms with E-state index < -0.39 is 0 Å². The first-order valence-electron chi connectivity index (χ1n) is 6.58. The Morgan fingerprint density at radius 2 is 1.88 bits per heavy atom. The van der Waals surface area contributed by atoms with Crippen molar-refractivity contribution in [2.24, 2.45) is 5.92 Å². The van der Waals surface area contributed by atoms with Crippen molar-refractivity contribution in [2.45, 2.75) is 38.2 Å². The molecule has 1 saturated carbocycles. The number of hydrogen-bond donors (Lipinski definition) is 1. The zero-order chi connectivity index (χ0) is 11.5. The molecule has 2 heterocycles. The largest absolute Gasteiger partial charge is 0.487 e.